The predicted octanol–water partition coefficient (Wildman–Crippen LogP) is 2.29. The normalized spacial score (nSPS) is 22.3. The highest BCUT2D eigenvalue weighted by molar-refractivity contribution is 5.74. The molecule has 0 aromatic heterocycles. The van der Waals surface area contributed by atoms with Gasteiger partial charge < -0.3 is 10.2 Å². The minimum Gasteiger partial charge on any atom is -0.338 e. The van der Waals surface area contributed by atoms with Crippen LogP contribution < -0.4 is 5.32 Å². The van der Waals surface area contributed by atoms with Gasteiger partial charge in [0.15, 0.2) is 0 Å². The van der Waals surface area contributed by atoms with Crippen molar-refractivity contribution in [1.29, 1.82) is 0 Å². The minimum absolute atomic E-state index is 0.123. The van der Waals surface area contributed by atoms with Crippen LogP contribution in [-0.4, -0.2) is 30.6 Å². The second-order valence-electron chi connectivity index (χ2n) is 4.43. The first-order valence-corrected chi connectivity index (χ1v) is 6.07. The van der Waals surface area contributed by atoms with Gasteiger partial charge in [-0.25, -0.2) is 4.79 Å². The van der Waals surface area contributed by atoms with Crippen molar-refractivity contribution in [3.63, 3.8) is 0 Å². The van der Waals surface area contributed by atoms with Gasteiger partial charge in [0.25, 0.3) is 0 Å². The van der Waals surface area contributed by atoms with Crippen LogP contribution in [0.25, 0.3) is 0 Å². The quantitative estimate of drug-likeness (QED) is 0.709. The Bertz CT molecular complexity index is 260. The Morgan fingerprint density at radius 2 is 2.27 bits per heavy atom. The molecule has 0 spiro atoms. The van der Waals surface area contributed by atoms with E-state index in [4.69, 9.17) is 0 Å². The molecule has 0 bridgehead atoms. The highest BCUT2D eigenvalue weighted by atomic mass is 16.2. The van der Waals surface area contributed by atoms with Gasteiger partial charge in [0.2, 0.25) is 0 Å². The maximum absolute atomic E-state index is 11.5. The summed E-state index contributed by atoms with van der Waals surface area (Å²) in [6.07, 6.45) is 9.69. The summed E-state index contributed by atoms with van der Waals surface area (Å²) in [6, 6.07) is 0.123. The van der Waals surface area contributed by atoms with E-state index < -0.39 is 0 Å². The number of nitrogens with zero attached hydrogens (tertiary/aromatic N) is 1. The van der Waals surface area contributed by atoms with Gasteiger partial charge >= 0.3 is 6.03 Å². The maximum Gasteiger partial charge on any atom is 0.317 e. The second kappa shape index (κ2) is 5.19. The van der Waals surface area contributed by atoms with Gasteiger partial charge in [0.05, 0.1) is 0 Å². The number of allylic oxidation sites excluding steroid dienone is 1. The molecule has 0 unspecified atom stereocenters. The van der Waals surface area contributed by atoms with E-state index in [0.29, 0.717) is 0 Å². The summed E-state index contributed by atoms with van der Waals surface area (Å²) in [5, 5.41) is 2.89. The molecule has 0 saturated carbocycles. The minimum atomic E-state index is 0.123. The van der Waals surface area contributed by atoms with E-state index >= 15 is 0 Å². The van der Waals surface area contributed by atoms with Crippen molar-refractivity contribution in [2.45, 2.75) is 38.5 Å². The lowest BCUT2D eigenvalue weighted by atomic mass is 9.97. The van der Waals surface area contributed by atoms with Crippen LogP contribution in [0.15, 0.2) is 11.6 Å². The summed E-state index contributed by atoms with van der Waals surface area (Å²) in [4.78, 5) is 13.4. The van der Waals surface area contributed by atoms with Gasteiger partial charge in [-0.3, -0.25) is 0 Å². The fourth-order valence-electron chi connectivity index (χ4n) is 2.30. The first kappa shape index (κ1) is 10.5. The lowest BCUT2D eigenvalue weighted by Gasteiger charge is -2.28. The van der Waals surface area contributed by atoms with Crippen LogP contribution >= 0.6 is 0 Å². The standard InChI is InChI=1S/C12H20N2O/c15-12-13-8-4-9-14(12)10-7-11-5-2-1-3-6-11/h5H,1-4,6-10H2,(H,13,15). The highest BCUT2D eigenvalue weighted by Gasteiger charge is 2.17. The molecule has 84 valence electrons. The predicted molar refractivity (Wildman–Crippen MR) is 60.8 cm³/mol. The largest absolute Gasteiger partial charge is 0.338 e. The van der Waals surface area contributed by atoms with Crippen molar-refractivity contribution in [3.05, 3.63) is 11.6 Å². The van der Waals surface area contributed by atoms with E-state index in [-0.39, 0.29) is 6.03 Å². The number of hydrogen-bond acceptors (Lipinski definition) is 1. The zero-order valence-electron chi connectivity index (χ0n) is 9.30. The maximum atomic E-state index is 11.5. The molecule has 1 N–H and O–H groups in total. The van der Waals surface area contributed by atoms with Gasteiger partial charge in [-0.15, -0.1) is 0 Å². The average molecular weight is 208 g/mol. The zero-order chi connectivity index (χ0) is 10.5. The van der Waals surface area contributed by atoms with Crippen LogP contribution in [0.1, 0.15) is 38.5 Å². The van der Waals surface area contributed by atoms with Crippen molar-refractivity contribution < 1.29 is 4.79 Å². The van der Waals surface area contributed by atoms with Crippen molar-refractivity contribution in [3.8, 4) is 0 Å². The van der Waals surface area contributed by atoms with Crippen LogP contribution in [0.2, 0.25) is 0 Å². The Kier molecular flexibility index (Phi) is 3.64. The Hall–Kier alpha value is -0.990. The van der Waals surface area contributed by atoms with E-state index in [0.717, 1.165) is 32.5 Å². The number of hydrogen-bond donors (Lipinski definition) is 1. The Morgan fingerprint density at radius 1 is 1.33 bits per heavy atom. The molecule has 1 aliphatic heterocycles. The Morgan fingerprint density at radius 3 is 3.00 bits per heavy atom. The third kappa shape index (κ3) is 2.98. The fourth-order valence-corrected chi connectivity index (χ4v) is 2.30. The molecular formula is C12H20N2O. The summed E-state index contributed by atoms with van der Waals surface area (Å²) in [7, 11) is 0. The van der Waals surface area contributed by atoms with Crippen molar-refractivity contribution in [2.24, 2.45) is 0 Å². The molecular weight excluding hydrogens is 188 g/mol. The lowest BCUT2D eigenvalue weighted by molar-refractivity contribution is 0.187. The molecule has 3 nitrogen and oxygen atoms in total. The molecule has 2 rings (SSSR count). The average Bonchev–Trinajstić information content (AvgIpc) is 2.29. The van der Waals surface area contributed by atoms with Crippen molar-refractivity contribution in [1.82, 2.24) is 10.2 Å². The van der Waals surface area contributed by atoms with E-state index in [2.05, 4.69) is 11.4 Å². The van der Waals surface area contributed by atoms with Crippen molar-refractivity contribution in [2.75, 3.05) is 19.6 Å². The van der Waals surface area contributed by atoms with Gasteiger partial charge in [0.1, 0.15) is 0 Å². The molecule has 2 amide bonds. The first-order valence-electron chi connectivity index (χ1n) is 6.07. The molecule has 0 aromatic rings. The molecule has 15 heavy (non-hydrogen) atoms. The Labute approximate surface area is 91.5 Å². The van der Waals surface area contributed by atoms with Crippen LogP contribution in [0.3, 0.4) is 0 Å². The SMILES string of the molecule is O=C1NCCCN1CCC1=CCCCC1. The van der Waals surface area contributed by atoms with E-state index in [1.807, 2.05) is 4.90 Å². The summed E-state index contributed by atoms with van der Waals surface area (Å²) >= 11 is 0. The topological polar surface area (TPSA) is 32.3 Å². The summed E-state index contributed by atoms with van der Waals surface area (Å²) in [5.74, 6) is 0. The molecule has 1 fully saturated rings. The van der Waals surface area contributed by atoms with Crippen LogP contribution in [0.4, 0.5) is 4.79 Å². The number of nitrogens with one attached hydrogen (secondary N) is 1. The molecule has 2 aliphatic rings. The molecule has 0 aromatic carbocycles. The molecule has 3 heteroatoms. The van der Waals surface area contributed by atoms with Crippen LogP contribution in [-0.2, 0) is 0 Å². The Balaban J connectivity index is 1.76. The number of amides is 2. The molecule has 1 aliphatic carbocycles. The monoisotopic (exact) mass is 208 g/mol. The van der Waals surface area contributed by atoms with Gasteiger partial charge in [-0.05, 0) is 38.5 Å². The number of urea groups is 1. The third-order valence-electron chi connectivity index (χ3n) is 3.26. The third-order valence-corrected chi connectivity index (χ3v) is 3.26. The number of carbonyl (C=O) groups excluding carboxylic acids is 1. The van der Waals surface area contributed by atoms with E-state index in [9.17, 15) is 4.79 Å². The van der Waals surface area contributed by atoms with Crippen LogP contribution in [0, 0.1) is 0 Å². The zero-order valence-corrected chi connectivity index (χ0v) is 9.30. The summed E-state index contributed by atoms with van der Waals surface area (Å²) < 4.78 is 0. The fraction of sp³-hybridized carbons (Fsp3) is 0.750. The second-order valence-corrected chi connectivity index (χ2v) is 4.43. The number of rotatable bonds is 3. The summed E-state index contributed by atoms with van der Waals surface area (Å²) in [5.41, 5.74) is 1.56. The molecule has 0 radical (unpaired) electrons. The molecule has 0 atom stereocenters. The lowest BCUT2D eigenvalue weighted by Crippen LogP contribution is -2.46. The van der Waals surface area contributed by atoms with E-state index in [1.54, 1.807) is 5.57 Å². The smallest absolute Gasteiger partial charge is 0.317 e. The number of carbonyl (C=O) groups is 1. The highest BCUT2D eigenvalue weighted by Crippen LogP contribution is 2.20. The van der Waals surface area contributed by atoms with Gasteiger partial charge in [-0.2, -0.15) is 0 Å². The van der Waals surface area contributed by atoms with Crippen molar-refractivity contribution >= 4 is 6.03 Å². The van der Waals surface area contributed by atoms with E-state index in [1.165, 1.54) is 25.7 Å². The first-order chi connectivity index (χ1) is 7.36. The van der Waals surface area contributed by atoms with Gasteiger partial charge in [-0.1, -0.05) is 11.6 Å². The van der Waals surface area contributed by atoms with Crippen LogP contribution in [0.5, 0.6) is 0 Å². The molecule has 1 saturated heterocycles. The summed E-state index contributed by atoms with van der Waals surface area (Å²) in [6.45, 7) is 2.68. The van der Waals surface area contributed by atoms with Gasteiger partial charge in [0, 0.05) is 19.6 Å². The molecule has 1 heterocycles.